The van der Waals surface area contributed by atoms with E-state index in [1.54, 1.807) is 32.1 Å². The number of halogens is 3. The summed E-state index contributed by atoms with van der Waals surface area (Å²) in [4.78, 5) is 46.2. The van der Waals surface area contributed by atoms with Gasteiger partial charge in [0.05, 0.1) is 6.07 Å². The van der Waals surface area contributed by atoms with Gasteiger partial charge in [-0.15, -0.1) is 11.3 Å². The molecule has 4 aliphatic rings. The van der Waals surface area contributed by atoms with Crippen molar-refractivity contribution in [1.29, 1.82) is 5.26 Å². The third kappa shape index (κ3) is 5.49. The third-order valence-electron chi connectivity index (χ3n) is 9.25. The Kier molecular flexibility index (Phi) is 7.28. The lowest BCUT2D eigenvalue weighted by atomic mass is 9.85. The fourth-order valence-electron chi connectivity index (χ4n) is 6.72. The van der Waals surface area contributed by atoms with E-state index < -0.39 is 47.4 Å². The smallest absolute Gasteiger partial charge is 0.339 e. The number of fused-ring (bicyclic) bond motifs is 2. The molecule has 3 amide bonds. The second-order valence-electron chi connectivity index (χ2n) is 13.5. The fraction of sp³-hybridized carbons (Fsp3) is 0.690. The predicted octanol–water partition coefficient (Wildman–Crippen LogP) is 4.12. The van der Waals surface area contributed by atoms with Crippen LogP contribution in [0.4, 0.5) is 13.2 Å². The lowest BCUT2D eigenvalue weighted by Crippen LogP contribution is -2.61. The highest BCUT2D eigenvalue weighted by molar-refractivity contribution is 7.12. The van der Waals surface area contributed by atoms with Crippen LogP contribution < -0.4 is 10.6 Å². The quantitative estimate of drug-likeness (QED) is 0.497. The van der Waals surface area contributed by atoms with Crippen LogP contribution in [0.1, 0.15) is 81.7 Å². The molecule has 2 N–H and O–H groups in total. The summed E-state index contributed by atoms with van der Waals surface area (Å²) in [5.74, 6) is -3.11. The standard InChI is InChI=1S/C29H36F3N5O3S/c1-27(2,3)23(36-26(40)29(30,31)32)25(39)37-12-18-21(28(18,4)5)22(37)24(38)35-16(9-33)8-15-10-34-11-19-20(15)17(13-41-19)14-6-7-14/h11,13-16,18,21-23H,6-8,10,12H2,1-5H3,(H,35,38)(H,36,40)/t15?,16?,18-,21-,22-,23+/m0/s1. The molecule has 0 bridgehead atoms. The summed E-state index contributed by atoms with van der Waals surface area (Å²) in [5.41, 5.74) is 1.25. The number of carbonyl (C=O) groups is 3. The van der Waals surface area contributed by atoms with Crippen molar-refractivity contribution < 1.29 is 27.6 Å². The Hall–Kier alpha value is -2.94. The molecule has 8 nitrogen and oxygen atoms in total. The maximum Gasteiger partial charge on any atom is 0.471 e. The van der Waals surface area contributed by atoms with E-state index in [1.807, 2.05) is 25.4 Å². The number of hydrogen-bond acceptors (Lipinski definition) is 6. The zero-order valence-corrected chi connectivity index (χ0v) is 24.7. The van der Waals surface area contributed by atoms with Gasteiger partial charge in [0, 0.05) is 30.1 Å². The van der Waals surface area contributed by atoms with Crippen molar-refractivity contribution in [1.82, 2.24) is 15.5 Å². The van der Waals surface area contributed by atoms with Crippen molar-refractivity contribution in [2.75, 3.05) is 13.1 Å². The first-order valence-electron chi connectivity index (χ1n) is 14.0. The molecule has 41 heavy (non-hydrogen) atoms. The molecular formula is C29H36F3N5O3S. The second-order valence-corrected chi connectivity index (χ2v) is 14.4. The molecule has 0 radical (unpaired) electrons. The summed E-state index contributed by atoms with van der Waals surface area (Å²) in [7, 11) is 0. The number of hydrogen-bond donors (Lipinski definition) is 2. The Balaban J connectivity index is 1.34. The van der Waals surface area contributed by atoms with E-state index in [0.717, 1.165) is 17.7 Å². The summed E-state index contributed by atoms with van der Waals surface area (Å²) < 4.78 is 39.3. The second kappa shape index (κ2) is 10.1. The average Bonchev–Trinajstić information content (AvgIpc) is 3.66. The average molecular weight is 592 g/mol. The van der Waals surface area contributed by atoms with Gasteiger partial charge in [0.25, 0.3) is 0 Å². The maximum atomic E-state index is 13.8. The predicted molar refractivity (Wildman–Crippen MR) is 147 cm³/mol. The van der Waals surface area contributed by atoms with Gasteiger partial charge >= 0.3 is 12.1 Å². The first-order valence-corrected chi connectivity index (χ1v) is 14.9. The van der Waals surface area contributed by atoms with Crippen LogP contribution in [0.15, 0.2) is 10.4 Å². The molecule has 12 heteroatoms. The number of nitrogens with zero attached hydrogens (tertiary/aromatic N) is 3. The summed E-state index contributed by atoms with van der Waals surface area (Å²) in [6.07, 6.45) is -0.612. The van der Waals surface area contributed by atoms with Crippen molar-refractivity contribution in [2.24, 2.45) is 27.7 Å². The maximum absolute atomic E-state index is 13.8. The third-order valence-corrected chi connectivity index (χ3v) is 10.2. The van der Waals surface area contributed by atoms with Crippen LogP contribution in [0.2, 0.25) is 0 Å². The molecule has 2 aliphatic carbocycles. The van der Waals surface area contributed by atoms with Gasteiger partial charge in [-0.2, -0.15) is 18.4 Å². The van der Waals surface area contributed by atoms with E-state index in [1.165, 1.54) is 16.0 Å². The molecule has 2 saturated carbocycles. The van der Waals surface area contributed by atoms with E-state index >= 15 is 0 Å². The minimum atomic E-state index is -5.15. The summed E-state index contributed by atoms with van der Waals surface area (Å²) >= 11 is 1.65. The number of thiophene rings is 1. The Morgan fingerprint density at radius 1 is 1.22 bits per heavy atom. The van der Waals surface area contributed by atoms with E-state index in [9.17, 15) is 32.8 Å². The highest BCUT2D eigenvalue weighted by Gasteiger charge is 2.70. The van der Waals surface area contributed by atoms with Gasteiger partial charge in [0.2, 0.25) is 11.8 Å². The lowest BCUT2D eigenvalue weighted by Gasteiger charge is -2.38. The molecule has 222 valence electrons. The SMILES string of the molecule is CC(C)(C)[C@H](NC(=O)C(F)(F)F)C(=O)N1C[C@H]2[C@@H]([C@H]1C(=O)NC(C#N)CC1CN=Cc3scc(C4CC4)c31)C2(C)C. The minimum Gasteiger partial charge on any atom is -0.339 e. The molecule has 0 spiro atoms. The van der Waals surface area contributed by atoms with Crippen LogP contribution in [0.5, 0.6) is 0 Å². The summed E-state index contributed by atoms with van der Waals surface area (Å²) in [6, 6.07) is -1.06. The van der Waals surface area contributed by atoms with Crippen molar-refractivity contribution in [3.05, 3.63) is 21.4 Å². The van der Waals surface area contributed by atoms with Crippen LogP contribution >= 0.6 is 11.3 Å². The molecule has 1 aromatic heterocycles. The Labute approximate surface area is 241 Å². The minimum absolute atomic E-state index is 0.0104. The molecule has 3 fully saturated rings. The van der Waals surface area contributed by atoms with Crippen molar-refractivity contribution >= 4 is 35.3 Å². The molecule has 1 aromatic rings. The first kappa shape index (κ1) is 29.5. The molecule has 0 aromatic carbocycles. The Bertz CT molecular complexity index is 1320. The first-order chi connectivity index (χ1) is 19.1. The van der Waals surface area contributed by atoms with Crippen molar-refractivity contribution in [2.45, 2.75) is 90.0 Å². The fourth-order valence-corrected chi connectivity index (χ4v) is 7.84. The number of rotatable bonds is 7. The number of nitriles is 1. The largest absolute Gasteiger partial charge is 0.471 e. The highest BCUT2D eigenvalue weighted by atomic mass is 32.1. The molecule has 3 heterocycles. The van der Waals surface area contributed by atoms with Crippen molar-refractivity contribution in [3.8, 4) is 6.07 Å². The lowest BCUT2D eigenvalue weighted by molar-refractivity contribution is -0.176. The number of amides is 3. The van der Waals surface area contributed by atoms with E-state index in [0.29, 0.717) is 18.9 Å². The molecular weight excluding hydrogens is 555 g/mol. The van der Waals surface area contributed by atoms with Crippen LogP contribution in [0, 0.1) is 34.0 Å². The summed E-state index contributed by atoms with van der Waals surface area (Å²) in [5, 5.41) is 16.9. The van der Waals surface area contributed by atoms with Gasteiger partial charge in [-0.05, 0) is 64.4 Å². The van der Waals surface area contributed by atoms with Gasteiger partial charge in [-0.25, -0.2) is 0 Å². The van der Waals surface area contributed by atoms with Crippen LogP contribution in [0.3, 0.4) is 0 Å². The topological polar surface area (TPSA) is 115 Å². The zero-order chi connectivity index (χ0) is 30.1. The molecule has 5 rings (SSSR count). The van der Waals surface area contributed by atoms with Crippen LogP contribution in [-0.2, 0) is 14.4 Å². The van der Waals surface area contributed by atoms with Crippen LogP contribution in [-0.4, -0.2) is 66.2 Å². The number of aliphatic imine (C=N–C) groups is 1. The van der Waals surface area contributed by atoms with Gasteiger partial charge in [0.15, 0.2) is 0 Å². The van der Waals surface area contributed by atoms with Gasteiger partial charge < -0.3 is 15.5 Å². The van der Waals surface area contributed by atoms with Gasteiger partial charge in [-0.3, -0.25) is 19.4 Å². The Morgan fingerprint density at radius 2 is 1.90 bits per heavy atom. The number of likely N-dealkylation sites (tertiary alicyclic amines) is 1. The van der Waals surface area contributed by atoms with Gasteiger partial charge in [0.1, 0.15) is 18.1 Å². The van der Waals surface area contributed by atoms with Gasteiger partial charge in [-0.1, -0.05) is 34.6 Å². The number of carbonyl (C=O) groups excluding carboxylic acids is 3. The van der Waals surface area contributed by atoms with Crippen molar-refractivity contribution in [3.63, 3.8) is 0 Å². The molecule has 6 atom stereocenters. The molecule has 2 aliphatic heterocycles. The normalized spacial score (nSPS) is 27.7. The molecule has 2 unspecified atom stereocenters. The number of alkyl halides is 3. The summed E-state index contributed by atoms with van der Waals surface area (Å²) in [6.45, 7) is 9.40. The molecule has 1 saturated heterocycles. The number of nitrogens with one attached hydrogen (secondary N) is 2. The zero-order valence-electron chi connectivity index (χ0n) is 23.8. The monoisotopic (exact) mass is 591 g/mol. The highest BCUT2D eigenvalue weighted by Crippen LogP contribution is 2.65. The van der Waals surface area contributed by atoms with E-state index in [2.05, 4.69) is 21.8 Å². The van der Waals surface area contributed by atoms with E-state index in [-0.39, 0.29) is 29.7 Å². The van der Waals surface area contributed by atoms with E-state index in [4.69, 9.17) is 0 Å². The number of piperidine rings is 1. The Morgan fingerprint density at radius 3 is 2.49 bits per heavy atom. The van der Waals surface area contributed by atoms with Crippen LogP contribution in [0.25, 0.3) is 0 Å².